The van der Waals surface area contributed by atoms with E-state index in [9.17, 15) is 0 Å². The summed E-state index contributed by atoms with van der Waals surface area (Å²) in [6.07, 6.45) is 44.2. The van der Waals surface area contributed by atoms with Gasteiger partial charge in [0.15, 0.2) is 0 Å². The number of hydrogen-bond donors (Lipinski definition) is 0. The third-order valence-corrected chi connectivity index (χ3v) is 12.9. The van der Waals surface area contributed by atoms with Crippen molar-refractivity contribution in [2.24, 2.45) is 11.8 Å². The molecular formula is C42H84O6P2. The summed E-state index contributed by atoms with van der Waals surface area (Å²) in [6, 6.07) is 0. The van der Waals surface area contributed by atoms with Crippen LogP contribution in [0.15, 0.2) is 0 Å². The molecule has 0 aromatic carbocycles. The van der Waals surface area contributed by atoms with Crippen molar-refractivity contribution in [3.8, 4) is 0 Å². The van der Waals surface area contributed by atoms with Crippen LogP contribution in [0.3, 0.4) is 0 Å². The highest BCUT2D eigenvalue weighted by atomic mass is 31.2. The average Bonchev–Trinajstić information content (AvgIpc) is 3.14. The predicted octanol–water partition coefficient (Wildman–Crippen LogP) is 15.3. The molecule has 0 aliphatic carbocycles. The van der Waals surface area contributed by atoms with Crippen molar-refractivity contribution in [2.45, 2.75) is 219 Å². The first-order chi connectivity index (χ1) is 24.8. The van der Waals surface area contributed by atoms with Crippen molar-refractivity contribution >= 4 is 17.2 Å². The molecule has 0 saturated carbocycles. The highest BCUT2D eigenvalue weighted by Crippen LogP contribution is 2.48. The van der Waals surface area contributed by atoms with Gasteiger partial charge >= 0.3 is 17.2 Å². The fourth-order valence-electron chi connectivity index (χ4n) is 7.07. The van der Waals surface area contributed by atoms with Gasteiger partial charge in [-0.25, -0.2) is 0 Å². The van der Waals surface area contributed by atoms with Crippen molar-refractivity contribution in [1.82, 2.24) is 0 Å². The van der Waals surface area contributed by atoms with Crippen LogP contribution in [-0.4, -0.2) is 39.6 Å². The van der Waals surface area contributed by atoms with E-state index in [0.717, 1.165) is 26.1 Å². The zero-order valence-corrected chi connectivity index (χ0v) is 35.2. The molecular weight excluding hydrogens is 662 g/mol. The molecule has 0 radical (unpaired) electrons. The Morgan fingerprint density at radius 1 is 0.320 bits per heavy atom. The second kappa shape index (κ2) is 36.6. The van der Waals surface area contributed by atoms with Gasteiger partial charge < -0.3 is 27.1 Å². The maximum Gasteiger partial charge on any atom is 0.332 e. The monoisotopic (exact) mass is 747 g/mol. The molecule has 2 rings (SSSR count). The summed E-state index contributed by atoms with van der Waals surface area (Å²) in [6.45, 7) is 8.74. The second-order valence-corrected chi connectivity index (χ2v) is 17.9. The average molecular weight is 747 g/mol. The summed E-state index contributed by atoms with van der Waals surface area (Å²) in [7, 11) is -2.40. The van der Waals surface area contributed by atoms with Crippen LogP contribution in [0.25, 0.3) is 0 Å². The van der Waals surface area contributed by atoms with Gasteiger partial charge in [0.25, 0.3) is 0 Å². The molecule has 2 aliphatic heterocycles. The molecule has 0 amide bonds. The van der Waals surface area contributed by atoms with Crippen molar-refractivity contribution < 1.29 is 27.1 Å². The Labute approximate surface area is 314 Å². The van der Waals surface area contributed by atoms with Crippen molar-refractivity contribution in [2.75, 3.05) is 39.6 Å². The minimum Gasteiger partial charge on any atom is -0.312 e. The Kier molecular flexibility index (Phi) is 34.2. The quantitative estimate of drug-likeness (QED) is 0.0466. The smallest absolute Gasteiger partial charge is 0.312 e. The topological polar surface area (TPSA) is 55.4 Å². The zero-order chi connectivity index (χ0) is 35.4. The molecule has 8 heteroatoms. The van der Waals surface area contributed by atoms with Gasteiger partial charge in [0.1, 0.15) is 0 Å². The summed E-state index contributed by atoms with van der Waals surface area (Å²) < 4.78 is 35.6. The normalized spacial score (nSPS) is 21.2. The van der Waals surface area contributed by atoms with E-state index in [4.69, 9.17) is 27.1 Å². The molecule has 2 aliphatic rings. The van der Waals surface area contributed by atoms with Gasteiger partial charge in [-0.3, -0.25) is 0 Å². The number of unbranched alkanes of at least 4 members (excludes halogenated alkanes) is 30. The van der Waals surface area contributed by atoms with E-state index in [0.29, 0.717) is 38.3 Å². The van der Waals surface area contributed by atoms with E-state index < -0.39 is 17.2 Å². The summed E-state index contributed by atoms with van der Waals surface area (Å²) in [5, 5.41) is 0. The van der Waals surface area contributed by atoms with Crippen LogP contribution < -0.4 is 0 Å². The third kappa shape index (κ3) is 28.1. The first-order valence-corrected chi connectivity index (χ1v) is 24.4. The highest BCUT2D eigenvalue weighted by molar-refractivity contribution is 7.42. The molecule has 0 N–H and O–H groups in total. The van der Waals surface area contributed by atoms with Gasteiger partial charge in [0.05, 0.1) is 39.6 Å². The third-order valence-electron chi connectivity index (χ3n) is 10.6. The second-order valence-electron chi connectivity index (χ2n) is 15.4. The van der Waals surface area contributed by atoms with Crippen LogP contribution in [0.5, 0.6) is 0 Å². The Morgan fingerprint density at radius 2 is 0.520 bits per heavy atom. The van der Waals surface area contributed by atoms with Crippen molar-refractivity contribution in [3.63, 3.8) is 0 Å². The van der Waals surface area contributed by atoms with Crippen LogP contribution in [0, 0.1) is 11.8 Å². The van der Waals surface area contributed by atoms with Crippen LogP contribution in [0.4, 0.5) is 0 Å². The SMILES string of the molecule is CCCCCCCCCCCCCCCCCCOP1OCC(C2COP(OCCCCCCCCCCCCCCCCCC)OC2)CO1. The van der Waals surface area contributed by atoms with Gasteiger partial charge in [0.2, 0.25) is 0 Å². The van der Waals surface area contributed by atoms with Crippen LogP contribution >= 0.6 is 17.2 Å². The molecule has 0 aromatic heterocycles. The lowest BCUT2D eigenvalue weighted by molar-refractivity contribution is -0.00969. The van der Waals surface area contributed by atoms with Crippen LogP contribution in [0.2, 0.25) is 0 Å². The lowest BCUT2D eigenvalue weighted by atomic mass is 9.95. The molecule has 6 nitrogen and oxygen atoms in total. The molecule has 2 saturated heterocycles. The molecule has 0 unspecified atom stereocenters. The molecule has 50 heavy (non-hydrogen) atoms. The fraction of sp³-hybridized carbons (Fsp3) is 1.00. The van der Waals surface area contributed by atoms with E-state index in [2.05, 4.69) is 13.8 Å². The van der Waals surface area contributed by atoms with E-state index in [1.54, 1.807) is 0 Å². The lowest BCUT2D eigenvalue weighted by Gasteiger charge is -2.35. The molecule has 0 aromatic rings. The Hall–Kier alpha value is 0.620. The molecule has 2 fully saturated rings. The van der Waals surface area contributed by atoms with Gasteiger partial charge in [0, 0.05) is 11.8 Å². The van der Waals surface area contributed by atoms with E-state index >= 15 is 0 Å². The largest absolute Gasteiger partial charge is 0.332 e. The van der Waals surface area contributed by atoms with Gasteiger partial charge in [-0.05, 0) is 12.8 Å². The minimum atomic E-state index is -1.20. The van der Waals surface area contributed by atoms with Crippen molar-refractivity contribution in [1.29, 1.82) is 0 Å². The van der Waals surface area contributed by atoms with E-state index in [1.165, 1.54) is 193 Å². The Morgan fingerprint density at radius 3 is 0.740 bits per heavy atom. The first-order valence-electron chi connectivity index (χ1n) is 22.2. The number of rotatable bonds is 37. The van der Waals surface area contributed by atoms with Gasteiger partial charge in [-0.15, -0.1) is 0 Å². The van der Waals surface area contributed by atoms with Crippen molar-refractivity contribution in [3.05, 3.63) is 0 Å². The maximum atomic E-state index is 5.95. The van der Waals surface area contributed by atoms with E-state index in [1.807, 2.05) is 0 Å². The summed E-state index contributed by atoms with van der Waals surface area (Å²) in [4.78, 5) is 0. The van der Waals surface area contributed by atoms with Gasteiger partial charge in [-0.1, -0.05) is 206 Å². The summed E-state index contributed by atoms with van der Waals surface area (Å²) in [5.41, 5.74) is 0. The Balaban J connectivity index is 1.27. The zero-order valence-electron chi connectivity index (χ0n) is 33.4. The summed E-state index contributed by atoms with van der Waals surface area (Å²) >= 11 is 0. The first kappa shape index (κ1) is 46.8. The van der Waals surface area contributed by atoms with Crippen LogP contribution in [0.1, 0.15) is 219 Å². The highest BCUT2D eigenvalue weighted by Gasteiger charge is 2.35. The van der Waals surface area contributed by atoms with E-state index in [-0.39, 0.29) is 0 Å². The molecule has 0 atom stereocenters. The molecule has 298 valence electrons. The Bertz CT molecular complexity index is 617. The van der Waals surface area contributed by atoms with Crippen LogP contribution in [-0.2, 0) is 27.1 Å². The lowest BCUT2D eigenvalue weighted by Crippen LogP contribution is -2.35. The molecule has 2 heterocycles. The number of hydrogen-bond acceptors (Lipinski definition) is 6. The summed E-state index contributed by atoms with van der Waals surface area (Å²) in [5.74, 6) is 0.593. The standard InChI is InChI=1S/C42H84O6P2/c1-3-5-7-9-11-13-15-17-19-21-23-25-27-29-31-33-35-43-49-45-37-41(38-46-49)42-39-47-50(48-40-42)44-36-34-32-30-28-26-24-22-20-18-16-14-12-10-8-6-4-2/h41-42H,3-40H2,1-2H3. The predicted molar refractivity (Wildman–Crippen MR) is 216 cm³/mol. The molecule has 0 spiro atoms. The maximum absolute atomic E-state index is 5.95. The molecule has 0 bridgehead atoms. The minimum absolute atomic E-state index is 0.297. The fourth-order valence-corrected chi connectivity index (χ4v) is 9.33. The van der Waals surface area contributed by atoms with Gasteiger partial charge in [-0.2, -0.15) is 0 Å².